The van der Waals surface area contributed by atoms with Crippen LogP contribution in [0.5, 0.6) is 0 Å². The molecule has 0 spiro atoms. The Hall–Kier alpha value is -0.950. The van der Waals surface area contributed by atoms with Crippen molar-refractivity contribution in [1.29, 1.82) is 0 Å². The predicted molar refractivity (Wildman–Crippen MR) is 104 cm³/mol. The fourth-order valence-electron chi connectivity index (χ4n) is 8.22. The third kappa shape index (κ3) is 2.64. The molecule has 0 aromatic heterocycles. The van der Waals surface area contributed by atoms with E-state index in [9.17, 15) is 17.8 Å². The summed E-state index contributed by atoms with van der Waals surface area (Å²) in [6.45, 7) is 4.11. The molecule has 2 atom stereocenters. The topological polar surface area (TPSA) is 98.7 Å². The van der Waals surface area contributed by atoms with Gasteiger partial charge in [-0.15, -0.1) is 0 Å². The van der Waals surface area contributed by atoms with E-state index in [1.165, 1.54) is 19.3 Å². The fourth-order valence-corrected chi connectivity index (χ4v) is 9.50. The van der Waals surface area contributed by atoms with Gasteiger partial charge in [-0.25, -0.2) is 13.8 Å². The summed E-state index contributed by atoms with van der Waals surface area (Å²) in [5.41, 5.74) is 2.31. The molecule has 0 heterocycles. The summed E-state index contributed by atoms with van der Waals surface area (Å²) < 4.78 is 35.0. The van der Waals surface area contributed by atoms with Crippen LogP contribution in [0.15, 0.2) is 5.10 Å². The molecule has 1 amide bonds. The monoisotopic (exact) mass is 407 g/mol. The van der Waals surface area contributed by atoms with Gasteiger partial charge in [0.25, 0.3) is 0 Å². The zero-order valence-electron chi connectivity index (χ0n) is 16.9. The maximum atomic E-state index is 13.2. The first-order chi connectivity index (χ1) is 13.0. The summed E-state index contributed by atoms with van der Waals surface area (Å²) >= 11 is 0. The van der Waals surface area contributed by atoms with E-state index in [2.05, 4.69) is 24.4 Å². The highest BCUT2D eigenvalue weighted by atomic mass is 32.2. The third-order valence-corrected chi connectivity index (χ3v) is 10.2. The molecule has 156 valence electrons. The second-order valence-electron chi connectivity index (χ2n) is 11.1. The van der Waals surface area contributed by atoms with E-state index in [0.717, 1.165) is 31.4 Å². The lowest BCUT2D eigenvalue weighted by molar-refractivity contribution is -0.146. The molecule has 0 aromatic rings. The van der Waals surface area contributed by atoms with Gasteiger partial charge < -0.3 is 4.55 Å². The summed E-state index contributed by atoms with van der Waals surface area (Å²) in [5, 5.41) is 4.53. The molecular formula is C21H31N2O4S-. The fraction of sp³-hybridized carbons (Fsp3) is 0.905. The van der Waals surface area contributed by atoms with Crippen LogP contribution < -0.4 is 5.43 Å². The summed E-state index contributed by atoms with van der Waals surface area (Å²) in [5.74, 6) is 1.99. The molecule has 6 fully saturated rings. The lowest BCUT2D eigenvalue weighted by atomic mass is 9.49. The minimum Gasteiger partial charge on any atom is -0.748 e. The van der Waals surface area contributed by atoms with Crippen LogP contribution in [0, 0.1) is 39.9 Å². The van der Waals surface area contributed by atoms with E-state index in [4.69, 9.17) is 0 Å². The Morgan fingerprint density at radius 2 is 1.71 bits per heavy atom. The third-order valence-electron chi connectivity index (χ3n) is 9.40. The Bertz CT molecular complexity index is 811. The van der Waals surface area contributed by atoms with E-state index >= 15 is 0 Å². The highest BCUT2D eigenvalue weighted by molar-refractivity contribution is 7.85. The van der Waals surface area contributed by atoms with Gasteiger partial charge in [0.05, 0.1) is 15.5 Å². The first kappa shape index (κ1) is 19.0. The van der Waals surface area contributed by atoms with Gasteiger partial charge in [-0.05, 0) is 86.9 Å². The maximum absolute atomic E-state index is 13.2. The number of hydrogen-bond donors (Lipinski definition) is 1. The van der Waals surface area contributed by atoms with Crippen LogP contribution in [0.3, 0.4) is 0 Å². The van der Waals surface area contributed by atoms with Crippen molar-refractivity contribution in [2.45, 2.75) is 71.6 Å². The molecular weight excluding hydrogens is 376 g/mol. The number of nitrogens with one attached hydrogen (secondary N) is 1. The number of amides is 1. The van der Waals surface area contributed by atoms with Crippen molar-refractivity contribution in [3.05, 3.63) is 0 Å². The number of rotatable bonds is 4. The van der Waals surface area contributed by atoms with E-state index in [-0.39, 0.29) is 16.7 Å². The van der Waals surface area contributed by atoms with Gasteiger partial charge in [0.2, 0.25) is 5.91 Å². The number of hydrazone groups is 1. The zero-order valence-corrected chi connectivity index (χ0v) is 17.7. The van der Waals surface area contributed by atoms with Crippen molar-refractivity contribution in [1.82, 2.24) is 5.43 Å². The molecule has 6 saturated carbocycles. The average Bonchev–Trinajstić information content (AvgIpc) is 2.91. The Morgan fingerprint density at radius 1 is 1.14 bits per heavy atom. The Balaban J connectivity index is 1.40. The van der Waals surface area contributed by atoms with Crippen molar-refractivity contribution in [2.75, 3.05) is 5.75 Å². The van der Waals surface area contributed by atoms with Crippen LogP contribution in [0.1, 0.15) is 71.6 Å². The minimum absolute atomic E-state index is 0.0276. The van der Waals surface area contributed by atoms with Crippen molar-refractivity contribution < 1.29 is 17.8 Å². The maximum Gasteiger partial charge on any atom is 0.246 e. The molecule has 1 N–H and O–H groups in total. The van der Waals surface area contributed by atoms with Crippen molar-refractivity contribution in [3.8, 4) is 0 Å². The van der Waals surface area contributed by atoms with Gasteiger partial charge in [-0.3, -0.25) is 4.79 Å². The highest BCUT2D eigenvalue weighted by Crippen LogP contribution is 2.65. The molecule has 6 rings (SSSR count). The van der Waals surface area contributed by atoms with Crippen molar-refractivity contribution in [3.63, 3.8) is 0 Å². The Morgan fingerprint density at radius 3 is 2.21 bits per heavy atom. The van der Waals surface area contributed by atoms with Gasteiger partial charge >= 0.3 is 0 Å². The number of carbonyl (C=O) groups excluding carboxylic acids is 1. The highest BCUT2D eigenvalue weighted by Gasteiger charge is 2.63. The second kappa shape index (κ2) is 5.81. The molecule has 6 aliphatic rings. The van der Waals surface area contributed by atoms with E-state index in [1.54, 1.807) is 0 Å². The van der Waals surface area contributed by atoms with Crippen LogP contribution in [0.4, 0.5) is 0 Å². The first-order valence-electron chi connectivity index (χ1n) is 10.8. The van der Waals surface area contributed by atoms with Crippen molar-refractivity contribution in [2.24, 2.45) is 45.0 Å². The Labute approximate surface area is 167 Å². The molecule has 7 heteroatoms. The van der Waals surface area contributed by atoms with Crippen LogP contribution in [0.25, 0.3) is 0 Å². The lowest BCUT2D eigenvalue weighted by Crippen LogP contribution is -2.53. The summed E-state index contributed by atoms with van der Waals surface area (Å²) in [6, 6.07) is 0. The molecule has 0 aromatic carbocycles. The molecule has 6 nitrogen and oxygen atoms in total. The van der Waals surface area contributed by atoms with E-state index < -0.39 is 21.3 Å². The van der Waals surface area contributed by atoms with Gasteiger partial charge in [-0.1, -0.05) is 13.8 Å². The van der Waals surface area contributed by atoms with Crippen LogP contribution >= 0.6 is 0 Å². The smallest absolute Gasteiger partial charge is 0.246 e. The number of carbonyl (C=O) groups is 1. The molecule has 6 aliphatic carbocycles. The Kier molecular flexibility index (Phi) is 3.95. The van der Waals surface area contributed by atoms with E-state index in [0.29, 0.717) is 36.5 Å². The quantitative estimate of drug-likeness (QED) is 0.572. The molecule has 0 radical (unpaired) electrons. The molecule has 0 saturated heterocycles. The SMILES string of the molecule is CC1(C)[C@@H]2CC[C@@]1(CS(=O)(=O)[O-])/C(=N\NC(=O)C13CC4CC(CC(C4)C1)C3)C2. The van der Waals surface area contributed by atoms with Gasteiger partial charge in [0.1, 0.15) is 0 Å². The van der Waals surface area contributed by atoms with E-state index in [1.807, 2.05) is 0 Å². The summed E-state index contributed by atoms with van der Waals surface area (Å²) in [7, 11) is -4.37. The number of nitrogens with zero attached hydrogens (tertiary/aromatic N) is 1. The number of hydrogen-bond acceptors (Lipinski definition) is 5. The average molecular weight is 408 g/mol. The second-order valence-corrected chi connectivity index (χ2v) is 12.5. The molecule has 28 heavy (non-hydrogen) atoms. The van der Waals surface area contributed by atoms with Gasteiger partial charge in [0.15, 0.2) is 0 Å². The number of fused-ring (bicyclic) bond motifs is 2. The summed E-state index contributed by atoms with van der Waals surface area (Å²) in [6.07, 6.45) is 9.04. The predicted octanol–water partition coefficient (Wildman–Crippen LogP) is 3.05. The molecule has 0 aliphatic heterocycles. The first-order valence-corrected chi connectivity index (χ1v) is 12.4. The van der Waals surface area contributed by atoms with Crippen LogP contribution in [-0.4, -0.2) is 30.3 Å². The normalized spacial score (nSPS) is 47.0. The lowest BCUT2D eigenvalue weighted by Gasteiger charge is -2.55. The molecule has 6 bridgehead atoms. The summed E-state index contributed by atoms with van der Waals surface area (Å²) in [4.78, 5) is 13.2. The van der Waals surface area contributed by atoms with Gasteiger partial charge in [-0.2, -0.15) is 5.10 Å². The van der Waals surface area contributed by atoms with Crippen LogP contribution in [0.2, 0.25) is 0 Å². The molecule has 0 unspecified atom stereocenters. The van der Waals surface area contributed by atoms with Crippen molar-refractivity contribution >= 4 is 21.7 Å². The standard InChI is InChI=1S/C21H32N2O4S/c1-19(2)16-3-4-21(19,12-28(25,26)27)17(8-16)22-23-18(24)20-9-13-5-14(10-20)7-15(6-13)11-20/h13-16H,3-12H2,1-2H3,(H,23,24)(H,25,26,27)/p-1/b22-17-/t13?,14?,15?,16-,20?,21-/m1/s1. The largest absolute Gasteiger partial charge is 0.748 e. The zero-order chi connectivity index (χ0) is 19.9. The van der Waals surface area contributed by atoms with Gasteiger partial charge in [0, 0.05) is 16.9 Å². The minimum atomic E-state index is -4.37. The van der Waals surface area contributed by atoms with Crippen LogP contribution in [-0.2, 0) is 14.9 Å².